The van der Waals surface area contributed by atoms with Gasteiger partial charge in [0.25, 0.3) is 5.91 Å². The highest BCUT2D eigenvalue weighted by atomic mass is 35.5. The van der Waals surface area contributed by atoms with Crippen LogP contribution < -0.4 is 4.74 Å². The maximum Gasteiger partial charge on any atom is 0.257 e. The number of benzene rings is 2. The summed E-state index contributed by atoms with van der Waals surface area (Å²) in [5.74, 6) is 0.863. The molecule has 0 aliphatic carbocycles. The Morgan fingerprint density at radius 3 is 2.26 bits per heavy atom. The van der Waals surface area contributed by atoms with E-state index in [1.807, 2.05) is 58.3 Å². The van der Waals surface area contributed by atoms with Gasteiger partial charge in [0, 0.05) is 37.1 Å². The number of nitrogens with zero attached hydrogens (tertiary/aromatic N) is 2. The summed E-state index contributed by atoms with van der Waals surface area (Å²) >= 11 is 5.94. The summed E-state index contributed by atoms with van der Waals surface area (Å²) < 4.78 is 5.96. The Hall–Kier alpha value is -2.53. The quantitative estimate of drug-likeness (QED) is 0.672. The second-order valence-corrected chi connectivity index (χ2v) is 8.80. The van der Waals surface area contributed by atoms with Gasteiger partial charge in [-0.3, -0.25) is 9.59 Å². The molecule has 0 radical (unpaired) electrons. The van der Waals surface area contributed by atoms with Gasteiger partial charge in [0.2, 0.25) is 5.91 Å². The lowest BCUT2D eigenvalue weighted by Crippen LogP contribution is -2.45. The molecule has 5 nitrogen and oxygen atoms in total. The van der Waals surface area contributed by atoms with E-state index < -0.39 is 0 Å². The number of para-hydroxylation sites is 1. The first-order valence-corrected chi connectivity index (χ1v) is 11.5. The van der Waals surface area contributed by atoms with E-state index in [0.29, 0.717) is 36.0 Å². The van der Waals surface area contributed by atoms with Crippen LogP contribution in [0.5, 0.6) is 5.75 Å². The van der Waals surface area contributed by atoms with Crippen LogP contribution in [0.4, 0.5) is 0 Å². The van der Waals surface area contributed by atoms with Crippen LogP contribution >= 0.6 is 11.6 Å². The number of amides is 2. The van der Waals surface area contributed by atoms with Crippen LogP contribution in [0.3, 0.4) is 0 Å². The normalized spacial score (nSPS) is 17.5. The van der Waals surface area contributed by atoms with Crippen molar-refractivity contribution in [2.45, 2.75) is 38.7 Å². The van der Waals surface area contributed by atoms with Gasteiger partial charge in [0.05, 0.1) is 5.56 Å². The standard InChI is InChI=1S/C25H29ClN2O3/c26-21-10-8-19(9-11-21)18-31-23-7-3-2-6-22(23)25(30)28-16-12-20(13-17-28)24(29)27-14-4-1-5-15-27/h2-3,6-11,20H,1,4-5,12-18H2. The monoisotopic (exact) mass is 440 g/mol. The highest BCUT2D eigenvalue weighted by molar-refractivity contribution is 6.30. The first-order chi connectivity index (χ1) is 15.1. The number of carbonyl (C=O) groups is 2. The molecule has 0 saturated carbocycles. The zero-order chi connectivity index (χ0) is 21.6. The lowest BCUT2D eigenvalue weighted by Gasteiger charge is -2.35. The second-order valence-electron chi connectivity index (χ2n) is 8.36. The Kier molecular flexibility index (Phi) is 7.13. The molecule has 0 N–H and O–H groups in total. The molecule has 2 aliphatic rings. The van der Waals surface area contributed by atoms with E-state index >= 15 is 0 Å². The molecule has 4 rings (SSSR count). The molecule has 164 valence electrons. The van der Waals surface area contributed by atoms with Crippen molar-refractivity contribution in [1.29, 1.82) is 0 Å². The maximum absolute atomic E-state index is 13.2. The van der Waals surface area contributed by atoms with Gasteiger partial charge in [-0.15, -0.1) is 0 Å². The summed E-state index contributed by atoms with van der Waals surface area (Å²) in [5.41, 5.74) is 1.56. The predicted molar refractivity (Wildman–Crippen MR) is 121 cm³/mol. The van der Waals surface area contributed by atoms with Crippen molar-refractivity contribution in [3.63, 3.8) is 0 Å². The molecule has 0 aromatic heterocycles. The third kappa shape index (κ3) is 5.40. The van der Waals surface area contributed by atoms with Crippen LogP contribution in [0.1, 0.15) is 48.0 Å². The molecule has 2 aromatic rings. The smallest absolute Gasteiger partial charge is 0.257 e. The van der Waals surface area contributed by atoms with Gasteiger partial charge < -0.3 is 14.5 Å². The molecule has 2 heterocycles. The number of halogens is 1. The highest BCUT2D eigenvalue weighted by Gasteiger charge is 2.31. The summed E-state index contributed by atoms with van der Waals surface area (Å²) in [6, 6.07) is 14.8. The zero-order valence-electron chi connectivity index (χ0n) is 17.8. The van der Waals surface area contributed by atoms with Gasteiger partial charge in [-0.25, -0.2) is 0 Å². The van der Waals surface area contributed by atoms with Crippen LogP contribution in [-0.4, -0.2) is 47.8 Å². The van der Waals surface area contributed by atoms with Crippen LogP contribution in [-0.2, 0) is 11.4 Å². The van der Waals surface area contributed by atoms with Crippen molar-refractivity contribution < 1.29 is 14.3 Å². The molecule has 2 aromatic carbocycles. The van der Waals surface area contributed by atoms with E-state index in [0.717, 1.165) is 44.3 Å². The molecule has 31 heavy (non-hydrogen) atoms. The molecule has 0 spiro atoms. The van der Waals surface area contributed by atoms with E-state index in [2.05, 4.69) is 0 Å². The van der Waals surface area contributed by atoms with Crippen molar-refractivity contribution in [2.75, 3.05) is 26.2 Å². The average Bonchev–Trinajstić information content (AvgIpc) is 2.83. The third-order valence-electron chi connectivity index (χ3n) is 6.22. The van der Waals surface area contributed by atoms with Crippen molar-refractivity contribution >= 4 is 23.4 Å². The van der Waals surface area contributed by atoms with Crippen molar-refractivity contribution in [1.82, 2.24) is 9.80 Å². The fourth-order valence-electron chi connectivity index (χ4n) is 4.38. The van der Waals surface area contributed by atoms with Crippen molar-refractivity contribution in [3.05, 3.63) is 64.7 Å². The van der Waals surface area contributed by atoms with E-state index in [1.54, 1.807) is 0 Å². The fraction of sp³-hybridized carbons (Fsp3) is 0.440. The number of hydrogen-bond acceptors (Lipinski definition) is 3. The lowest BCUT2D eigenvalue weighted by molar-refractivity contribution is -0.137. The van der Waals surface area contributed by atoms with Gasteiger partial charge >= 0.3 is 0 Å². The Morgan fingerprint density at radius 2 is 1.55 bits per heavy atom. The number of ether oxygens (including phenoxy) is 1. The number of rotatable bonds is 5. The Labute approximate surface area is 188 Å². The van der Waals surface area contributed by atoms with Crippen molar-refractivity contribution in [3.8, 4) is 5.75 Å². The fourth-order valence-corrected chi connectivity index (χ4v) is 4.51. The number of hydrogen-bond donors (Lipinski definition) is 0. The Morgan fingerprint density at radius 1 is 0.871 bits per heavy atom. The largest absolute Gasteiger partial charge is 0.488 e. The summed E-state index contributed by atoms with van der Waals surface area (Å²) in [4.78, 5) is 29.8. The maximum atomic E-state index is 13.2. The molecule has 6 heteroatoms. The summed E-state index contributed by atoms with van der Waals surface area (Å²) in [7, 11) is 0. The molecule has 2 amide bonds. The molecular formula is C25H29ClN2O3. The predicted octanol–water partition coefficient (Wildman–Crippen LogP) is 4.78. The van der Waals surface area contributed by atoms with Crippen LogP contribution in [0.25, 0.3) is 0 Å². The Bertz CT molecular complexity index is 901. The van der Waals surface area contributed by atoms with Gasteiger partial charge in [0.1, 0.15) is 12.4 Å². The first-order valence-electron chi connectivity index (χ1n) is 11.2. The lowest BCUT2D eigenvalue weighted by atomic mass is 9.94. The summed E-state index contributed by atoms with van der Waals surface area (Å²) in [5, 5.41) is 0.682. The summed E-state index contributed by atoms with van der Waals surface area (Å²) in [6.07, 6.45) is 4.89. The topological polar surface area (TPSA) is 49.9 Å². The van der Waals surface area contributed by atoms with Gasteiger partial charge in [0.15, 0.2) is 0 Å². The molecule has 2 saturated heterocycles. The zero-order valence-corrected chi connectivity index (χ0v) is 18.5. The van der Waals surface area contributed by atoms with Crippen LogP contribution in [0.15, 0.2) is 48.5 Å². The van der Waals surface area contributed by atoms with E-state index in [-0.39, 0.29) is 17.7 Å². The molecule has 0 unspecified atom stereocenters. The van der Waals surface area contributed by atoms with Crippen molar-refractivity contribution in [2.24, 2.45) is 5.92 Å². The number of piperidine rings is 2. The highest BCUT2D eigenvalue weighted by Crippen LogP contribution is 2.26. The van der Waals surface area contributed by atoms with E-state index in [4.69, 9.17) is 16.3 Å². The third-order valence-corrected chi connectivity index (χ3v) is 6.48. The minimum atomic E-state index is -0.0319. The SMILES string of the molecule is O=C(c1ccccc1OCc1ccc(Cl)cc1)N1CCC(C(=O)N2CCCCC2)CC1. The molecular weight excluding hydrogens is 412 g/mol. The van der Waals surface area contributed by atoms with Gasteiger partial charge in [-0.05, 0) is 61.9 Å². The van der Waals surface area contributed by atoms with E-state index in [9.17, 15) is 9.59 Å². The molecule has 0 atom stereocenters. The molecule has 0 bridgehead atoms. The number of likely N-dealkylation sites (tertiary alicyclic amines) is 2. The summed E-state index contributed by atoms with van der Waals surface area (Å²) in [6.45, 7) is 3.35. The van der Waals surface area contributed by atoms with E-state index in [1.165, 1.54) is 6.42 Å². The molecule has 2 fully saturated rings. The average molecular weight is 441 g/mol. The second kappa shape index (κ2) is 10.2. The van der Waals surface area contributed by atoms with Gasteiger partial charge in [-0.2, -0.15) is 0 Å². The first kappa shape index (κ1) is 21.7. The number of carbonyl (C=O) groups excluding carboxylic acids is 2. The van der Waals surface area contributed by atoms with Crippen LogP contribution in [0, 0.1) is 5.92 Å². The minimum Gasteiger partial charge on any atom is -0.488 e. The van der Waals surface area contributed by atoms with Crippen LogP contribution in [0.2, 0.25) is 5.02 Å². The molecule has 2 aliphatic heterocycles. The van der Waals surface area contributed by atoms with Gasteiger partial charge in [-0.1, -0.05) is 35.9 Å². The Balaban J connectivity index is 1.35. The minimum absolute atomic E-state index is 0.0319.